The van der Waals surface area contributed by atoms with Crippen molar-refractivity contribution >= 4 is 11.9 Å². The van der Waals surface area contributed by atoms with Crippen molar-refractivity contribution in [1.29, 1.82) is 5.41 Å². The van der Waals surface area contributed by atoms with Crippen molar-refractivity contribution in [2.45, 2.75) is 46.5 Å². The smallest absolute Gasteiger partial charge is 0.318 e. The lowest BCUT2D eigenvalue weighted by atomic mass is 10.0. The van der Waals surface area contributed by atoms with Crippen LogP contribution in [0.4, 0.5) is 0 Å². The van der Waals surface area contributed by atoms with E-state index < -0.39 is 5.92 Å². The fourth-order valence-electron chi connectivity index (χ4n) is 1.45. The Morgan fingerprint density at radius 1 is 1.12 bits per heavy atom. The molecular formula is C12H23NO3. The molecule has 16 heavy (non-hydrogen) atoms. The highest BCUT2D eigenvalue weighted by Crippen LogP contribution is 2.14. The molecule has 0 aliphatic heterocycles. The molecule has 94 valence electrons. The van der Waals surface area contributed by atoms with Crippen LogP contribution in [0.5, 0.6) is 0 Å². The Morgan fingerprint density at radius 2 is 1.75 bits per heavy atom. The molecule has 0 amide bonds. The molecule has 4 nitrogen and oxygen atoms in total. The highest BCUT2D eigenvalue weighted by Gasteiger charge is 2.25. The summed E-state index contributed by atoms with van der Waals surface area (Å²) >= 11 is 0. The Morgan fingerprint density at radius 3 is 2.25 bits per heavy atom. The minimum Gasteiger partial charge on any atom is -0.481 e. The predicted octanol–water partition coefficient (Wildman–Crippen LogP) is 2.76. The summed E-state index contributed by atoms with van der Waals surface area (Å²) in [5.41, 5.74) is 0. The van der Waals surface area contributed by atoms with Gasteiger partial charge in [-0.05, 0) is 20.3 Å². The van der Waals surface area contributed by atoms with Crippen molar-refractivity contribution in [2.75, 3.05) is 13.2 Å². The van der Waals surface area contributed by atoms with E-state index >= 15 is 0 Å². The molecule has 0 fully saturated rings. The summed E-state index contributed by atoms with van der Waals surface area (Å²) < 4.78 is 10.0. The average molecular weight is 229 g/mol. The van der Waals surface area contributed by atoms with Gasteiger partial charge in [-0.3, -0.25) is 10.2 Å². The summed E-state index contributed by atoms with van der Waals surface area (Å²) in [6, 6.07) is 0. The predicted molar refractivity (Wildman–Crippen MR) is 63.6 cm³/mol. The van der Waals surface area contributed by atoms with Crippen LogP contribution in [0.1, 0.15) is 46.5 Å². The molecule has 0 aliphatic rings. The summed E-state index contributed by atoms with van der Waals surface area (Å²) in [6.07, 6.45) is 3.73. The number of hydrogen-bond donors (Lipinski definition) is 1. The molecule has 0 saturated heterocycles. The maximum Gasteiger partial charge on any atom is 0.318 e. The number of rotatable bonds is 8. The Labute approximate surface area is 97.8 Å². The Balaban J connectivity index is 4.25. The SMILES string of the molecule is CCCCCC(C(=N)OCC)C(=O)OCC. The van der Waals surface area contributed by atoms with E-state index in [4.69, 9.17) is 14.9 Å². The van der Waals surface area contributed by atoms with Gasteiger partial charge in [0.05, 0.1) is 13.2 Å². The monoisotopic (exact) mass is 229 g/mol. The molecular weight excluding hydrogens is 206 g/mol. The van der Waals surface area contributed by atoms with Gasteiger partial charge >= 0.3 is 5.97 Å². The molecule has 1 N–H and O–H groups in total. The van der Waals surface area contributed by atoms with E-state index in [9.17, 15) is 4.79 Å². The number of carbonyl (C=O) groups is 1. The summed E-state index contributed by atoms with van der Waals surface area (Å²) in [5.74, 6) is -0.819. The minimum atomic E-state index is -0.522. The molecule has 0 heterocycles. The highest BCUT2D eigenvalue weighted by atomic mass is 16.5. The van der Waals surface area contributed by atoms with E-state index in [0.29, 0.717) is 19.6 Å². The second-order valence-electron chi connectivity index (χ2n) is 3.60. The molecule has 0 aliphatic carbocycles. The second kappa shape index (κ2) is 9.19. The molecule has 0 aromatic carbocycles. The summed E-state index contributed by atoms with van der Waals surface area (Å²) in [7, 11) is 0. The molecule has 0 aromatic rings. The summed E-state index contributed by atoms with van der Waals surface area (Å²) in [6.45, 7) is 6.45. The number of ether oxygens (including phenoxy) is 2. The van der Waals surface area contributed by atoms with Gasteiger partial charge in [0.25, 0.3) is 0 Å². The van der Waals surface area contributed by atoms with Crippen LogP contribution < -0.4 is 0 Å². The molecule has 0 aromatic heterocycles. The first-order valence-electron chi connectivity index (χ1n) is 6.05. The standard InChI is InChI=1S/C12H23NO3/c1-4-7-8-9-10(11(13)15-5-2)12(14)16-6-3/h10,13H,4-9H2,1-3H3. The lowest BCUT2D eigenvalue weighted by Gasteiger charge is -2.16. The lowest BCUT2D eigenvalue weighted by Crippen LogP contribution is -2.27. The van der Waals surface area contributed by atoms with E-state index in [-0.39, 0.29) is 11.9 Å². The zero-order valence-electron chi connectivity index (χ0n) is 10.5. The zero-order chi connectivity index (χ0) is 12.4. The van der Waals surface area contributed by atoms with Crippen LogP contribution in [0.2, 0.25) is 0 Å². The lowest BCUT2D eigenvalue weighted by molar-refractivity contribution is -0.146. The maximum atomic E-state index is 11.6. The molecule has 1 unspecified atom stereocenters. The number of carbonyl (C=O) groups excluding carboxylic acids is 1. The van der Waals surface area contributed by atoms with Crippen molar-refractivity contribution in [3.05, 3.63) is 0 Å². The molecule has 0 radical (unpaired) electrons. The number of esters is 1. The van der Waals surface area contributed by atoms with Gasteiger partial charge in [-0.1, -0.05) is 26.2 Å². The van der Waals surface area contributed by atoms with Crippen LogP contribution in [0, 0.1) is 11.3 Å². The van der Waals surface area contributed by atoms with Crippen molar-refractivity contribution in [1.82, 2.24) is 0 Å². The van der Waals surface area contributed by atoms with Gasteiger partial charge in [0.1, 0.15) is 5.92 Å². The molecule has 4 heteroatoms. The topological polar surface area (TPSA) is 59.4 Å². The minimum absolute atomic E-state index is 0.0389. The van der Waals surface area contributed by atoms with Gasteiger partial charge in [-0.15, -0.1) is 0 Å². The third-order valence-corrected chi connectivity index (χ3v) is 2.28. The van der Waals surface area contributed by atoms with Crippen LogP contribution >= 0.6 is 0 Å². The van der Waals surface area contributed by atoms with Crippen LogP contribution in [0.15, 0.2) is 0 Å². The molecule has 0 saturated carbocycles. The third kappa shape index (κ3) is 5.73. The highest BCUT2D eigenvalue weighted by molar-refractivity contribution is 5.96. The van der Waals surface area contributed by atoms with Crippen molar-refractivity contribution in [3.8, 4) is 0 Å². The summed E-state index contributed by atoms with van der Waals surface area (Å²) in [5, 5.41) is 7.67. The van der Waals surface area contributed by atoms with Crippen LogP contribution in [-0.4, -0.2) is 25.1 Å². The van der Waals surface area contributed by atoms with Gasteiger partial charge in [0.2, 0.25) is 0 Å². The fourth-order valence-corrected chi connectivity index (χ4v) is 1.45. The second-order valence-corrected chi connectivity index (χ2v) is 3.60. The number of nitrogens with one attached hydrogen (secondary N) is 1. The van der Waals surface area contributed by atoms with Crippen molar-refractivity contribution < 1.29 is 14.3 Å². The average Bonchev–Trinajstić information content (AvgIpc) is 2.25. The zero-order valence-corrected chi connectivity index (χ0v) is 10.5. The van der Waals surface area contributed by atoms with Gasteiger partial charge < -0.3 is 9.47 Å². The summed E-state index contributed by atoms with van der Waals surface area (Å²) in [4.78, 5) is 11.6. The largest absolute Gasteiger partial charge is 0.481 e. The van der Waals surface area contributed by atoms with Gasteiger partial charge in [-0.25, -0.2) is 0 Å². The third-order valence-electron chi connectivity index (χ3n) is 2.28. The first-order chi connectivity index (χ1) is 7.67. The van der Waals surface area contributed by atoms with Crippen LogP contribution in [0.25, 0.3) is 0 Å². The Kier molecular flexibility index (Phi) is 8.58. The van der Waals surface area contributed by atoms with Gasteiger partial charge in [0, 0.05) is 0 Å². The quantitative estimate of drug-likeness (QED) is 0.301. The maximum absolute atomic E-state index is 11.6. The van der Waals surface area contributed by atoms with Gasteiger partial charge in [-0.2, -0.15) is 0 Å². The molecule has 0 rings (SSSR count). The van der Waals surface area contributed by atoms with Crippen molar-refractivity contribution in [3.63, 3.8) is 0 Å². The Hall–Kier alpha value is -1.06. The normalized spacial score (nSPS) is 11.9. The first kappa shape index (κ1) is 14.9. The van der Waals surface area contributed by atoms with E-state index in [1.807, 2.05) is 6.92 Å². The first-order valence-corrected chi connectivity index (χ1v) is 6.05. The number of unbranched alkanes of at least 4 members (excludes halogenated alkanes) is 2. The number of hydrogen-bond acceptors (Lipinski definition) is 4. The molecule has 1 atom stereocenters. The molecule has 0 bridgehead atoms. The van der Waals surface area contributed by atoms with Crippen LogP contribution in [-0.2, 0) is 14.3 Å². The van der Waals surface area contributed by atoms with Gasteiger partial charge in [0.15, 0.2) is 5.90 Å². The Bertz CT molecular complexity index is 198. The van der Waals surface area contributed by atoms with E-state index in [1.54, 1.807) is 6.92 Å². The van der Waals surface area contributed by atoms with E-state index in [0.717, 1.165) is 19.3 Å². The van der Waals surface area contributed by atoms with Crippen molar-refractivity contribution in [2.24, 2.45) is 5.92 Å². The van der Waals surface area contributed by atoms with Crippen LogP contribution in [0.3, 0.4) is 0 Å². The van der Waals surface area contributed by atoms with E-state index in [1.165, 1.54) is 0 Å². The molecule has 0 spiro atoms. The fraction of sp³-hybridized carbons (Fsp3) is 0.833. The van der Waals surface area contributed by atoms with E-state index in [2.05, 4.69) is 6.92 Å².